The fraction of sp³-hybridized carbons (Fsp3) is 0.167. The van der Waals surface area contributed by atoms with Crippen molar-refractivity contribution in [2.45, 2.75) is 6.92 Å². The molecule has 0 atom stereocenters. The predicted molar refractivity (Wildman–Crippen MR) is 35.1 cm³/mol. The number of aromatic nitrogens is 1. The molecule has 0 saturated carbocycles. The maximum Gasteiger partial charge on any atom is 0.136 e. The normalized spacial score (nSPS) is 9.44. The van der Waals surface area contributed by atoms with Gasteiger partial charge in [0.2, 0.25) is 0 Å². The molecule has 0 spiro atoms. The monoisotopic (exact) mass is 124 g/mol. The lowest BCUT2D eigenvalue weighted by Gasteiger charge is -1.96. The fourth-order valence-corrected chi connectivity index (χ4v) is 0.573. The average Bonchev–Trinajstić information content (AvgIpc) is 1.80. The summed E-state index contributed by atoms with van der Waals surface area (Å²) >= 11 is 0. The molecular weight excluding hydrogens is 116 g/mol. The smallest absolute Gasteiger partial charge is 0.136 e. The van der Waals surface area contributed by atoms with Crippen molar-refractivity contribution in [2.24, 2.45) is 0 Å². The molecule has 1 rings (SSSR count). The van der Waals surface area contributed by atoms with Crippen LogP contribution in [-0.4, -0.2) is 10.1 Å². The molecule has 0 aliphatic heterocycles. The first-order chi connectivity index (χ1) is 4.20. The largest absolute Gasteiger partial charge is 0.506 e. The zero-order valence-electron chi connectivity index (χ0n) is 5.13. The zero-order chi connectivity index (χ0) is 6.85. The summed E-state index contributed by atoms with van der Waals surface area (Å²) < 4.78 is 0. The second-order valence-corrected chi connectivity index (χ2v) is 1.84. The molecule has 3 nitrogen and oxygen atoms in total. The number of aryl methyl sites for hydroxylation is 1. The number of hydrogen-bond donors (Lipinski definition) is 2. The van der Waals surface area contributed by atoms with Crippen LogP contribution in [0.1, 0.15) is 5.69 Å². The highest BCUT2D eigenvalue weighted by Crippen LogP contribution is 2.13. The summed E-state index contributed by atoms with van der Waals surface area (Å²) in [6, 6.07) is 3.08. The van der Waals surface area contributed by atoms with Crippen molar-refractivity contribution in [1.29, 1.82) is 0 Å². The number of hydrogen-bond acceptors (Lipinski definition) is 3. The molecule has 1 aromatic heterocycles. The van der Waals surface area contributed by atoms with E-state index in [1.165, 1.54) is 6.07 Å². The molecule has 0 amide bonds. The Bertz CT molecular complexity index is 222. The van der Waals surface area contributed by atoms with Crippen molar-refractivity contribution >= 4 is 5.82 Å². The first-order valence-electron chi connectivity index (χ1n) is 2.62. The number of nitrogen functional groups attached to an aromatic ring is 1. The Kier molecular flexibility index (Phi) is 1.26. The van der Waals surface area contributed by atoms with E-state index in [-0.39, 0.29) is 5.75 Å². The van der Waals surface area contributed by atoms with E-state index in [1.54, 1.807) is 13.0 Å². The van der Waals surface area contributed by atoms with E-state index in [4.69, 9.17) is 10.8 Å². The molecule has 0 bridgehead atoms. The first kappa shape index (κ1) is 5.88. The van der Waals surface area contributed by atoms with Crippen LogP contribution in [0.25, 0.3) is 0 Å². The Morgan fingerprint density at radius 1 is 1.56 bits per heavy atom. The van der Waals surface area contributed by atoms with E-state index in [2.05, 4.69) is 4.98 Å². The van der Waals surface area contributed by atoms with Crippen LogP contribution in [-0.2, 0) is 0 Å². The van der Waals surface area contributed by atoms with Crippen LogP contribution in [0.3, 0.4) is 0 Å². The number of pyridine rings is 1. The van der Waals surface area contributed by atoms with Crippen LogP contribution in [0.15, 0.2) is 12.1 Å². The maximum atomic E-state index is 8.93. The highest BCUT2D eigenvalue weighted by Gasteiger charge is 1.93. The number of anilines is 1. The van der Waals surface area contributed by atoms with Gasteiger partial charge in [-0.2, -0.15) is 0 Å². The second kappa shape index (κ2) is 1.93. The topological polar surface area (TPSA) is 59.1 Å². The average molecular weight is 124 g/mol. The minimum Gasteiger partial charge on any atom is -0.506 e. The van der Waals surface area contributed by atoms with Gasteiger partial charge in [-0.25, -0.2) is 4.98 Å². The fourth-order valence-electron chi connectivity index (χ4n) is 0.573. The minimum atomic E-state index is 0.184. The van der Waals surface area contributed by atoms with E-state index in [1.807, 2.05) is 0 Å². The molecule has 0 fully saturated rings. The maximum absolute atomic E-state index is 8.93. The molecule has 0 unspecified atom stereocenters. The molecule has 48 valence electrons. The van der Waals surface area contributed by atoms with Crippen LogP contribution in [0, 0.1) is 6.92 Å². The van der Waals surface area contributed by atoms with Crippen molar-refractivity contribution in [1.82, 2.24) is 4.98 Å². The third kappa shape index (κ3) is 1.10. The Labute approximate surface area is 53.2 Å². The van der Waals surface area contributed by atoms with Crippen LogP contribution in [0.2, 0.25) is 0 Å². The number of nitrogens with zero attached hydrogens (tertiary/aromatic N) is 1. The zero-order valence-corrected chi connectivity index (χ0v) is 5.13. The predicted octanol–water partition coefficient (Wildman–Crippen LogP) is 0.678. The summed E-state index contributed by atoms with van der Waals surface area (Å²) in [5.74, 6) is 0.620. The molecule has 1 aromatic rings. The van der Waals surface area contributed by atoms with Gasteiger partial charge in [0.05, 0.1) is 5.69 Å². The van der Waals surface area contributed by atoms with Crippen LogP contribution in [0.5, 0.6) is 5.75 Å². The summed E-state index contributed by atoms with van der Waals surface area (Å²) in [6.45, 7) is 1.70. The van der Waals surface area contributed by atoms with E-state index in [0.717, 1.165) is 0 Å². The van der Waals surface area contributed by atoms with Gasteiger partial charge in [0.25, 0.3) is 0 Å². The number of aromatic hydroxyl groups is 1. The van der Waals surface area contributed by atoms with Gasteiger partial charge >= 0.3 is 0 Å². The standard InChI is InChI=1S/C6H8N2O/c1-4-5(9)2-3-6(7)8-4/h2-3,9H,1H3,(H2,7,8). The van der Waals surface area contributed by atoms with Crippen LogP contribution in [0.4, 0.5) is 5.82 Å². The van der Waals surface area contributed by atoms with Crippen molar-refractivity contribution in [3.8, 4) is 5.75 Å². The summed E-state index contributed by atoms with van der Waals surface area (Å²) in [5.41, 5.74) is 5.87. The summed E-state index contributed by atoms with van der Waals surface area (Å²) in [7, 11) is 0. The highest BCUT2D eigenvalue weighted by atomic mass is 16.3. The van der Waals surface area contributed by atoms with E-state index in [9.17, 15) is 0 Å². The van der Waals surface area contributed by atoms with Gasteiger partial charge in [-0.3, -0.25) is 0 Å². The molecule has 0 saturated heterocycles. The first-order valence-corrected chi connectivity index (χ1v) is 2.62. The van der Waals surface area contributed by atoms with Gasteiger partial charge in [-0.05, 0) is 19.1 Å². The second-order valence-electron chi connectivity index (χ2n) is 1.84. The van der Waals surface area contributed by atoms with Crippen molar-refractivity contribution < 1.29 is 5.11 Å². The van der Waals surface area contributed by atoms with E-state index >= 15 is 0 Å². The van der Waals surface area contributed by atoms with E-state index < -0.39 is 0 Å². The van der Waals surface area contributed by atoms with Gasteiger partial charge in [-0.1, -0.05) is 0 Å². The molecule has 3 heteroatoms. The Morgan fingerprint density at radius 3 is 2.67 bits per heavy atom. The molecule has 0 aromatic carbocycles. The molecular formula is C6H8N2O. The third-order valence-electron chi connectivity index (χ3n) is 1.08. The van der Waals surface area contributed by atoms with Gasteiger partial charge < -0.3 is 10.8 Å². The van der Waals surface area contributed by atoms with Gasteiger partial charge in [0, 0.05) is 0 Å². The quantitative estimate of drug-likeness (QED) is 0.534. The van der Waals surface area contributed by atoms with Crippen LogP contribution < -0.4 is 5.73 Å². The Balaban J connectivity index is 3.17. The highest BCUT2D eigenvalue weighted by molar-refractivity contribution is 5.36. The Morgan fingerprint density at radius 2 is 2.22 bits per heavy atom. The van der Waals surface area contributed by atoms with Gasteiger partial charge in [-0.15, -0.1) is 0 Å². The van der Waals surface area contributed by atoms with Gasteiger partial charge in [0.1, 0.15) is 11.6 Å². The summed E-state index contributed by atoms with van der Waals surface area (Å²) in [4.78, 5) is 3.80. The molecule has 3 N–H and O–H groups in total. The van der Waals surface area contributed by atoms with Crippen molar-refractivity contribution in [3.05, 3.63) is 17.8 Å². The Hall–Kier alpha value is -1.25. The molecule has 9 heavy (non-hydrogen) atoms. The van der Waals surface area contributed by atoms with E-state index in [0.29, 0.717) is 11.5 Å². The third-order valence-corrected chi connectivity index (χ3v) is 1.08. The lowest BCUT2D eigenvalue weighted by Crippen LogP contribution is -1.90. The van der Waals surface area contributed by atoms with Crippen molar-refractivity contribution in [2.75, 3.05) is 5.73 Å². The number of nitrogens with two attached hydrogens (primary N) is 1. The lowest BCUT2D eigenvalue weighted by atomic mass is 10.3. The SMILES string of the molecule is Cc1nc(N)ccc1O. The van der Waals surface area contributed by atoms with Crippen molar-refractivity contribution in [3.63, 3.8) is 0 Å². The summed E-state index contributed by atoms with van der Waals surface area (Å²) in [6.07, 6.45) is 0. The molecule has 1 heterocycles. The molecule has 0 aliphatic rings. The molecule has 0 radical (unpaired) electrons. The number of rotatable bonds is 0. The minimum absolute atomic E-state index is 0.184. The molecule has 0 aliphatic carbocycles. The summed E-state index contributed by atoms with van der Waals surface area (Å²) in [5, 5.41) is 8.93. The van der Waals surface area contributed by atoms with Crippen LogP contribution >= 0.6 is 0 Å². The lowest BCUT2D eigenvalue weighted by molar-refractivity contribution is 0.468. The van der Waals surface area contributed by atoms with Gasteiger partial charge in [0.15, 0.2) is 0 Å².